The lowest BCUT2D eigenvalue weighted by Gasteiger charge is -2.07. The summed E-state index contributed by atoms with van der Waals surface area (Å²) in [5.74, 6) is 0.876. The van der Waals surface area contributed by atoms with Crippen LogP contribution in [0.1, 0.15) is 17.5 Å². The van der Waals surface area contributed by atoms with E-state index in [-0.39, 0.29) is 0 Å². The van der Waals surface area contributed by atoms with Crippen LogP contribution in [0.15, 0.2) is 42.7 Å². The molecule has 0 bridgehead atoms. The topological polar surface area (TPSA) is 29.0 Å². The second kappa shape index (κ2) is 3.87. The molecular weight excluding hydrogens is 188 g/mol. The van der Waals surface area contributed by atoms with Crippen LogP contribution in [0.5, 0.6) is 0 Å². The third kappa shape index (κ3) is 1.78. The molecule has 1 N–H and O–H groups in total. The number of aliphatic hydroxyl groups excluding tert-OH is 1. The van der Waals surface area contributed by atoms with Gasteiger partial charge in [0.05, 0.1) is 14.1 Å². The number of hydrogen-bond acceptors (Lipinski definition) is 1. The first-order valence-corrected chi connectivity index (χ1v) is 4.94. The van der Waals surface area contributed by atoms with E-state index in [0.29, 0.717) is 0 Å². The van der Waals surface area contributed by atoms with E-state index in [9.17, 15) is 5.11 Å². The van der Waals surface area contributed by atoms with Gasteiger partial charge in [0.25, 0.3) is 5.82 Å². The van der Waals surface area contributed by atoms with E-state index in [1.165, 1.54) is 0 Å². The monoisotopic (exact) mass is 203 g/mol. The Labute approximate surface area is 89.2 Å². The molecule has 2 rings (SSSR count). The van der Waals surface area contributed by atoms with Crippen LogP contribution < -0.4 is 4.57 Å². The first-order chi connectivity index (χ1) is 7.20. The minimum atomic E-state index is -0.573. The molecular formula is C12H15N2O+. The molecule has 78 valence electrons. The van der Waals surface area contributed by atoms with Gasteiger partial charge in [-0.25, -0.2) is 9.13 Å². The molecule has 0 amide bonds. The highest BCUT2D eigenvalue weighted by atomic mass is 16.3. The van der Waals surface area contributed by atoms with E-state index >= 15 is 0 Å². The molecule has 0 spiro atoms. The van der Waals surface area contributed by atoms with Gasteiger partial charge < -0.3 is 5.11 Å². The van der Waals surface area contributed by atoms with Crippen molar-refractivity contribution < 1.29 is 9.67 Å². The average Bonchev–Trinajstić information content (AvgIpc) is 2.59. The third-order valence-corrected chi connectivity index (χ3v) is 2.60. The van der Waals surface area contributed by atoms with E-state index in [2.05, 4.69) is 0 Å². The maximum Gasteiger partial charge on any atom is 0.290 e. The molecule has 1 heterocycles. The Morgan fingerprint density at radius 3 is 2.47 bits per heavy atom. The smallest absolute Gasteiger partial charge is 0.290 e. The van der Waals surface area contributed by atoms with Crippen LogP contribution in [0, 0.1) is 0 Å². The molecule has 1 atom stereocenters. The minimum Gasteiger partial charge on any atom is -0.376 e. The molecule has 3 heteroatoms. The van der Waals surface area contributed by atoms with E-state index in [1.54, 1.807) is 0 Å². The number of aryl methyl sites for hydroxylation is 2. The highest BCUT2D eigenvalue weighted by Gasteiger charge is 2.22. The Balaban J connectivity index is 2.41. The summed E-state index contributed by atoms with van der Waals surface area (Å²) in [6, 6.07) is 9.67. The van der Waals surface area contributed by atoms with E-state index < -0.39 is 6.10 Å². The highest BCUT2D eigenvalue weighted by Crippen LogP contribution is 2.17. The summed E-state index contributed by atoms with van der Waals surface area (Å²) in [6.07, 6.45) is 3.29. The summed E-state index contributed by atoms with van der Waals surface area (Å²) >= 11 is 0. The standard InChI is InChI=1S/C12H15N2O/c1-13-8-9-14(2)12(13)11(15)10-6-4-3-5-7-10/h3-9,11,15H,1-2H3/q+1. The Morgan fingerprint density at radius 1 is 1.27 bits per heavy atom. The van der Waals surface area contributed by atoms with Gasteiger partial charge in [-0.3, -0.25) is 0 Å². The Kier molecular flexibility index (Phi) is 2.56. The molecule has 0 aliphatic rings. The average molecular weight is 203 g/mol. The van der Waals surface area contributed by atoms with Gasteiger partial charge >= 0.3 is 0 Å². The largest absolute Gasteiger partial charge is 0.376 e. The third-order valence-electron chi connectivity index (χ3n) is 2.60. The predicted molar refractivity (Wildman–Crippen MR) is 57.1 cm³/mol. The summed E-state index contributed by atoms with van der Waals surface area (Å²) < 4.78 is 3.86. The summed E-state index contributed by atoms with van der Waals surface area (Å²) in [6.45, 7) is 0. The number of hydrogen-bond donors (Lipinski definition) is 1. The Hall–Kier alpha value is -1.61. The van der Waals surface area contributed by atoms with Gasteiger partial charge in [-0.15, -0.1) is 0 Å². The maximum atomic E-state index is 10.2. The van der Waals surface area contributed by atoms with Crippen molar-refractivity contribution in [1.29, 1.82) is 0 Å². The van der Waals surface area contributed by atoms with Crippen molar-refractivity contribution in [3.63, 3.8) is 0 Å². The fourth-order valence-electron chi connectivity index (χ4n) is 1.77. The van der Waals surface area contributed by atoms with Gasteiger partial charge in [0.15, 0.2) is 6.10 Å². The molecule has 0 radical (unpaired) electrons. The predicted octanol–water partition coefficient (Wildman–Crippen LogP) is 0.931. The molecule has 0 saturated heterocycles. The number of aliphatic hydroxyl groups is 1. The van der Waals surface area contributed by atoms with Crippen molar-refractivity contribution in [3.05, 3.63) is 54.1 Å². The lowest BCUT2D eigenvalue weighted by Crippen LogP contribution is -2.34. The van der Waals surface area contributed by atoms with Crippen molar-refractivity contribution in [2.45, 2.75) is 6.10 Å². The molecule has 0 saturated carbocycles. The molecule has 1 unspecified atom stereocenters. The second-order valence-electron chi connectivity index (χ2n) is 3.69. The summed E-state index contributed by atoms with van der Waals surface area (Å²) in [4.78, 5) is 0. The summed E-state index contributed by atoms with van der Waals surface area (Å²) in [5, 5.41) is 10.2. The van der Waals surface area contributed by atoms with Crippen LogP contribution in [-0.4, -0.2) is 9.67 Å². The molecule has 1 aromatic heterocycles. The van der Waals surface area contributed by atoms with Crippen molar-refractivity contribution in [1.82, 2.24) is 4.57 Å². The number of nitrogens with zero attached hydrogens (tertiary/aromatic N) is 2. The van der Waals surface area contributed by atoms with E-state index in [0.717, 1.165) is 11.4 Å². The van der Waals surface area contributed by atoms with Crippen LogP contribution in [0.3, 0.4) is 0 Å². The second-order valence-corrected chi connectivity index (χ2v) is 3.69. The zero-order valence-electron chi connectivity index (χ0n) is 8.96. The van der Waals surface area contributed by atoms with Gasteiger partial charge in [-0.05, 0) is 5.56 Å². The van der Waals surface area contributed by atoms with Crippen LogP contribution >= 0.6 is 0 Å². The molecule has 15 heavy (non-hydrogen) atoms. The van der Waals surface area contributed by atoms with Gasteiger partial charge in [0.1, 0.15) is 12.4 Å². The fourth-order valence-corrected chi connectivity index (χ4v) is 1.77. The highest BCUT2D eigenvalue weighted by molar-refractivity contribution is 5.21. The Morgan fingerprint density at radius 2 is 1.93 bits per heavy atom. The fraction of sp³-hybridized carbons (Fsp3) is 0.250. The SMILES string of the molecule is Cn1cc[n+](C)c1C(O)c1ccccc1. The number of imidazole rings is 1. The van der Waals surface area contributed by atoms with Crippen LogP contribution in [0.4, 0.5) is 0 Å². The summed E-state index contributed by atoms with van der Waals surface area (Å²) in [5.41, 5.74) is 0.912. The molecule has 0 aliphatic carbocycles. The van der Waals surface area contributed by atoms with Gasteiger partial charge in [-0.2, -0.15) is 0 Å². The number of rotatable bonds is 2. The zero-order valence-corrected chi connectivity index (χ0v) is 8.96. The minimum absolute atomic E-state index is 0.573. The molecule has 3 nitrogen and oxygen atoms in total. The quantitative estimate of drug-likeness (QED) is 0.723. The molecule has 1 aromatic carbocycles. The Bertz CT molecular complexity index is 428. The van der Waals surface area contributed by atoms with Gasteiger partial charge in [0, 0.05) is 0 Å². The first-order valence-electron chi connectivity index (χ1n) is 4.94. The molecule has 0 aliphatic heterocycles. The van der Waals surface area contributed by atoms with Gasteiger partial charge in [-0.1, -0.05) is 30.3 Å². The van der Waals surface area contributed by atoms with E-state index in [1.807, 2.05) is 66.0 Å². The van der Waals surface area contributed by atoms with Crippen LogP contribution in [-0.2, 0) is 14.1 Å². The maximum absolute atomic E-state index is 10.2. The van der Waals surface area contributed by atoms with Gasteiger partial charge in [0.2, 0.25) is 0 Å². The normalized spacial score (nSPS) is 12.7. The lowest BCUT2D eigenvalue weighted by molar-refractivity contribution is -0.681. The van der Waals surface area contributed by atoms with Crippen molar-refractivity contribution in [2.75, 3.05) is 0 Å². The number of benzene rings is 1. The first kappa shape index (κ1) is 9.93. The zero-order chi connectivity index (χ0) is 10.8. The van der Waals surface area contributed by atoms with Crippen molar-refractivity contribution in [2.24, 2.45) is 14.1 Å². The molecule has 0 fully saturated rings. The lowest BCUT2D eigenvalue weighted by atomic mass is 10.1. The van der Waals surface area contributed by atoms with Crippen LogP contribution in [0.2, 0.25) is 0 Å². The van der Waals surface area contributed by atoms with Crippen molar-refractivity contribution >= 4 is 0 Å². The molecule has 2 aromatic rings. The number of aromatic nitrogens is 2. The summed E-state index contributed by atoms with van der Waals surface area (Å²) in [7, 11) is 3.86. The van der Waals surface area contributed by atoms with Crippen molar-refractivity contribution in [3.8, 4) is 0 Å². The van der Waals surface area contributed by atoms with E-state index in [4.69, 9.17) is 0 Å². The van der Waals surface area contributed by atoms with Crippen LogP contribution in [0.25, 0.3) is 0 Å².